The summed E-state index contributed by atoms with van der Waals surface area (Å²) < 4.78 is 0. The van der Waals surface area contributed by atoms with E-state index in [1.807, 2.05) is 12.2 Å². The zero-order valence-electron chi connectivity index (χ0n) is 6.15. The average molecular weight is 178 g/mol. The summed E-state index contributed by atoms with van der Waals surface area (Å²) in [6.07, 6.45) is 7.28. The monoisotopic (exact) mass is 178 g/mol. The summed E-state index contributed by atoms with van der Waals surface area (Å²) in [7, 11) is 0. The highest BCUT2D eigenvalue weighted by Crippen LogP contribution is 2.13. The van der Waals surface area contributed by atoms with Crippen molar-refractivity contribution in [2.75, 3.05) is 0 Å². The number of amides is 1. The van der Waals surface area contributed by atoms with Gasteiger partial charge in [0.2, 0.25) is 5.91 Å². The summed E-state index contributed by atoms with van der Waals surface area (Å²) in [5.74, 6) is -0.340. The number of nitrogens with one attached hydrogen (secondary N) is 1. The molecule has 3 nitrogen and oxygen atoms in total. The molecule has 0 saturated heterocycles. The lowest BCUT2D eigenvalue weighted by molar-refractivity contribution is -0.120. The number of thiocarbonyl (C=S) groups is 1. The second-order valence-corrected chi connectivity index (χ2v) is 2.94. The van der Waals surface area contributed by atoms with E-state index < -0.39 is 0 Å². The first kappa shape index (κ1) is 7.36. The SMILES string of the molecule is O=C1NC(=S)N=C2C=CC=CC12. The number of carbonyl (C=O) groups excluding carboxylic acids is 1. The lowest BCUT2D eigenvalue weighted by atomic mass is 9.96. The van der Waals surface area contributed by atoms with Gasteiger partial charge in [-0.05, 0) is 18.3 Å². The number of carbonyl (C=O) groups is 1. The van der Waals surface area contributed by atoms with Crippen molar-refractivity contribution < 1.29 is 4.79 Å². The standard InChI is InChI=1S/C8H6N2OS/c11-7-5-3-1-2-4-6(5)9-8(12)10-7/h1-5H,(H,10,11,12). The van der Waals surface area contributed by atoms with E-state index in [1.54, 1.807) is 12.2 Å². The lowest BCUT2D eigenvalue weighted by Gasteiger charge is -2.19. The third-order valence-corrected chi connectivity index (χ3v) is 1.94. The van der Waals surface area contributed by atoms with Crippen molar-refractivity contribution in [2.24, 2.45) is 10.9 Å². The van der Waals surface area contributed by atoms with Gasteiger partial charge >= 0.3 is 0 Å². The van der Waals surface area contributed by atoms with Crippen LogP contribution in [0, 0.1) is 5.92 Å². The number of fused-ring (bicyclic) bond motifs is 1. The van der Waals surface area contributed by atoms with Crippen molar-refractivity contribution in [3.05, 3.63) is 24.3 Å². The Labute approximate surface area is 74.9 Å². The van der Waals surface area contributed by atoms with Crippen LogP contribution >= 0.6 is 12.2 Å². The average Bonchev–Trinajstić information content (AvgIpc) is 2.04. The first-order chi connectivity index (χ1) is 5.77. The lowest BCUT2D eigenvalue weighted by Crippen LogP contribution is -2.41. The molecule has 1 heterocycles. The molecule has 1 amide bonds. The molecule has 12 heavy (non-hydrogen) atoms. The predicted molar refractivity (Wildman–Crippen MR) is 49.9 cm³/mol. The van der Waals surface area contributed by atoms with Gasteiger partial charge in [-0.25, -0.2) is 4.99 Å². The quantitative estimate of drug-likeness (QED) is 0.551. The van der Waals surface area contributed by atoms with Crippen LogP contribution in [-0.2, 0) is 4.79 Å². The Bertz CT molecular complexity index is 341. The van der Waals surface area contributed by atoms with Crippen LogP contribution in [0.2, 0.25) is 0 Å². The third kappa shape index (κ3) is 1.10. The van der Waals surface area contributed by atoms with Crippen molar-refractivity contribution in [3.8, 4) is 0 Å². The maximum absolute atomic E-state index is 11.3. The van der Waals surface area contributed by atoms with Gasteiger partial charge in [0.1, 0.15) is 0 Å². The van der Waals surface area contributed by atoms with Gasteiger partial charge in [-0.1, -0.05) is 18.2 Å². The maximum Gasteiger partial charge on any atom is 0.239 e. The van der Waals surface area contributed by atoms with Crippen molar-refractivity contribution in [2.45, 2.75) is 0 Å². The summed E-state index contributed by atoms with van der Waals surface area (Å²) in [6, 6.07) is 0. The molecule has 0 fully saturated rings. The van der Waals surface area contributed by atoms with Gasteiger partial charge in [0.25, 0.3) is 0 Å². The topological polar surface area (TPSA) is 41.5 Å². The summed E-state index contributed by atoms with van der Waals surface area (Å²) in [5.41, 5.74) is 0.728. The molecule has 0 aromatic heterocycles. The van der Waals surface area contributed by atoms with Crippen LogP contribution in [0.15, 0.2) is 29.3 Å². The minimum atomic E-state index is -0.248. The Morgan fingerprint density at radius 2 is 2.33 bits per heavy atom. The van der Waals surface area contributed by atoms with Crippen molar-refractivity contribution in [1.82, 2.24) is 5.32 Å². The van der Waals surface area contributed by atoms with Crippen LogP contribution in [-0.4, -0.2) is 16.7 Å². The van der Waals surface area contributed by atoms with Crippen LogP contribution in [0.3, 0.4) is 0 Å². The molecule has 4 heteroatoms. The van der Waals surface area contributed by atoms with E-state index in [1.165, 1.54) is 0 Å². The Balaban J connectivity index is 2.43. The van der Waals surface area contributed by atoms with Crippen LogP contribution in [0.25, 0.3) is 0 Å². The summed E-state index contributed by atoms with van der Waals surface area (Å²) >= 11 is 4.77. The Morgan fingerprint density at radius 1 is 1.50 bits per heavy atom. The van der Waals surface area contributed by atoms with Gasteiger partial charge in [-0.15, -0.1) is 0 Å². The second kappa shape index (κ2) is 2.64. The van der Waals surface area contributed by atoms with Crippen LogP contribution < -0.4 is 5.32 Å². The minimum absolute atomic E-state index is 0.0920. The molecule has 60 valence electrons. The number of nitrogens with zero attached hydrogens (tertiary/aromatic N) is 1. The molecule has 0 bridgehead atoms. The fourth-order valence-electron chi connectivity index (χ4n) is 1.19. The largest absolute Gasteiger partial charge is 0.300 e. The van der Waals surface area contributed by atoms with Gasteiger partial charge in [0, 0.05) is 0 Å². The van der Waals surface area contributed by atoms with Crippen molar-refractivity contribution in [1.29, 1.82) is 0 Å². The van der Waals surface area contributed by atoms with E-state index in [4.69, 9.17) is 12.2 Å². The highest BCUT2D eigenvalue weighted by atomic mass is 32.1. The molecule has 1 N–H and O–H groups in total. The van der Waals surface area contributed by atoms with Gasteiger partial charge in [-0.2, -0.15) is 0 Å². The van der Waals surface area contributed by atoms with Crippen LogP contribution in [0.5, 0.6) is 0 Å². The second-order valence-electron chi connectivity index (χ2n) is 2.55. The van der Waals surface area contributed by atoms with Gasteiger partial charge in [-0.3, -0.25) is 4.79 Å². The molecule has 0 spiro atoms. The fraction of sp³-hybridized carbons (Fsp3) is 0.125. The Morgan fingerprint density at radius 3 is 3.17 bits per heavy atom. The number of hydrogen-bond acceptors (Lipinski definition) is 2. The molecular weight excluding hydrogens is 172 g/mol. The maximum atomic E-state index is 11.3. The van der Waals surface area contributed by atoms with Gasteiger partial charge < -0.3 is 5.32 Å². The van der Waals surface area contributed by atoms with Crippen molar-refractivity contribution >= 4 is 28.9 Å². The highest BCUT2D eigenvalue weighted by molar-refractivity contribution is 7.80. The molecule has 1 aliphatic heterocycles. The van der Waals surface area contributed by atoms with E-state index in [-0.39, 0.29) is 16.9 Å². The van der Waals surface area contributed by atoms with E-state index in [0.717, 1.165) is 5.71 Å². The molecule has 0 aromatic rings. The van der Waals surface area contributed by atoms with E-state index in [0.29, 0.717) is 0 Å². The normalized spacial score (nSPS) is 26.3. The van der Waals surface area contributed by atoms with Gasteiger partial charge in [0.05, 0.1) is 11.6 Å². The van der Waals surface area contributed by atoms with Crippen molar-refractivity contribution in [3.63, 3.8) is 0 Å². The molecular formula is C8H6N2OS. The smallest absolute Gasteiger partial charge is 0.239 e. The summed E-state index contributed by atoms with van der Waals surface area (Å²) in [4.78, 5) is 15.3. The number of hydrogen-bond donors (Lipinski definition) is 1. The molecule has 0 saturated carbocycles. The zero-order chi connectivity index (χ0) is 8.55. The van der Waals surface area contributed by atoms with Gasteiger partial charge in [0.15, 0.2) is 5.11 Å². The first-order valence-electron chi connectivity index (χ1n) is 3.55. The third-order valence-electron chi connectivity index (χ3n) is 1.74. The summed E-state index contributed by atoms with van der Waals surface area (Å²) in [5, 5.41) is 2.75. The zero-order valence-corrected chi connectivity index (χ0v) is 6.97. The predicted octanol–water partition coefficient (Wildman–Crippen LogP) is 0.584. The molecule has 2 aliphatic rings. The Kier molecular flexibility index (Phi) is 1.62. The molecule has 1 aliphatic carbocycles. The fourth-order valence-corrected chi connectivity index (χ4v) is 1.39. The summed E-state index contributed by atoms with van der Waals surface area (Å²) in [6.45, 7) is 0. The number of rotatable bonds is 0. The molecule has 2 rings (SSSR count). The molecule has 0 aromatic carbocycles. The molecule has 0 radical (unpaired) electrons. The first-order valence-corrected chi connectivity index (χ1v) is 3.96. The minimum Gasteiger partial charge on any atom is -0.300 e. The van der Waals surface area contributed by atoms with Crippen LogP contribution in [0.4, 0.5) is 0 Å². The molecule has 1 unspecified atom stereocenters. The number of aliphatic imine (C=N–C) groups is 1. The van der Waals surface area contributed by atoms with E-state index in [2.05, 4.69) is 10.3 Å². The highest BCUT2D eigenvalue weighted by Gasteiger charge is 2.26. The number of allylic oxidation sites excluding steroid dienone is 3. The molecule has 1 atom stereocenters. The Hall–Kier alpha value is -1.29. The van der Waals surface area contributed by atoms with E-state index in [9.17, 15) is 4.79 Å². The van der Waals surface area contributed by atoms with E-state index >= 15 is 0 Å². The van der Waals surface area contributed by atoms with Crippen LogP contribution in [0.1, 0.15) is 0 Å².